The van der Waals surface area contributed by atoms with Crippen molar-refractivity contribution in [3.05, 3.63) is 79.5 Å². The molecular weight excluding hydrogens is 475 g/mol. The standard InChI is InChI=1S/C19H15Cl3N2O3S2/c20-14-3-5-16(6-4-14)29(26,27)10-7-18(25)23-19-24(8-9-28-19)12-13-1-2-15(21)11-17(13)22/h1-6,8-9,11H,7,10,12H2. The molecule has 152 valence electrons. The monoisotopic (exact) mass is 488 g/mol. The van der Waals surface area contributed by atoms with Gasteiger partial charge in [-0.1, -0.05) is 40.9 Å². The van der Waals surface area contributed by atoms with Gasteiger partial charge in [-0.2, -0.15) is 4.99 Å². The molecule has 5 nitrogen and oxygen atoms in total. The highest BCUT2D eigenvalue weighted by Crippen LogP contribution is 2.21. The Labute approximate surface area is 187 Å². The highest BCUT2D eigenvalue weighted by molar-refractivity contribution is 7.91. The maximum atomic E-state index is 12.4. The zero-order chi connectivity index (χ0) is 21.0. The highest BCUT2D eigenvalue weighted by atomic mass is 35.5. The molecule has 1 aromatic heterocycles. The lowest BCUT2D eigenvalue weighted by Gasteiger charge is -2.06. The van der Waals surface area contributed by atoms with Gasteiger partial charge in [-0.05, 0) is 42.0 Å². The van der Waals surface area contributed by atoms with Crippen molar-refractivity contribution < 1.29 is 13.2 Å². The number of benzene rings is 2. The van der Waals surface area contributed by atoms with Crippen molar-refractivity contribution in [2.24, 2.45) is 4.99 Å². The van der Waals surface area contributed by atoms with E-state index in [4.69, 9.17) is 34.8 Å². The Kier molecular flexibility index (Phi) is 7.19. The molecular formula is C19H15Cl3N2O3S2. The summed E-state index contributed by atoms with van der Waals surface area (Å²) < 4.78 is 26.5. The molecule has 0 bridgehead atoms. The van der Waals surface area contributed by atoms with E-state index < -0.39 is 15.7 Å². The molecule has 0 saturated heterocycles. The fourth-order valence-electron chi connectivity index (χ4n) is 2.48. The van der Waals surface area contributed by atoms with Crippen LogP contribution in [0.5, 0.6) is 0 Å². The summed E-state index contributed by atoms with van der Waals surface area (Å²) in [5, 5.41) is 3.29. The van der Waals surface area contributed by atoms with E-state index in [2.05, 4.69) is 4.99 Å². The van der Waals surface area contributed by atoms with Gasteiger partial charge in [0.1, 0.15) is 0 Å². The van der Waals surface area contributed by atoms with Crippen LogP contribution >= 0.6 is 46.1 Å². The second-order valence-corrected chi connectivity index (χ2v) is 10.3. The molecule has 10 heteroatoms. The summed E-state index contributed by atoms with van der Waals surface area (Å²) in [5.74, 6) is -0.841. The van der Waals surface area contributed by atoms with Crippen LogP contribution < -0.4 is 4.80 Å². The second kappa shape index (κ2) is 9.45. The molecule has 1 heterocycles. The van der Waals surface area contributed by atoms with Crippen LogP contribution in [0.4, 0.5) is 0 Å². The third-order valence-electron chi connectivity index (χ3n) is 3.99. The molecule has 3 rings (SSSR count). The summed E-state index contributed by atoms with van der Waals surface area (Å²) in [6, 6.07) is 11.0. The van der Waals surface area contributed by atoms with Gasteiger partial charge in [0.2, 0.25) is 5.91 Å². The lowest BCUT2D eigenvalue weighted by Crippen LogP contribution is -2.18. The van der Waals surface area contributed by atoms with Gasteiger partial charge >= 0.3 is 0 Å². The van der Waals surface area contributed by atoms with Gasteiger partial charge in [-0.15, -0.1) is 11.3 Å². The van der Waals surface area contributed by atoms with Gasteiger partial charge in [0, 0.05) is 33.1 Å². The summed E-state index contributed by atoms with van der Waals surface area (Å²) in [6.07, 6.45) is 1.57. The average Bonchev–Trinajstić information content (AvgIpc) is 3.09. The number of sulfone groups is 1. The van der Waals surface area contributed by atoms with Crippen LogP contribution in [0.15, 0.2) is 63.9 Å². The van der Waals surface area contributed by atoms with Gasteiger partial charge < -0.3 is 4.57 Å². The highest BCUT2D eigenvalue weighted by Gasteiger charge is 2.16. The van der Waals surface area contributed by atoms with Crippen LogP contribution in [0.25, 0.3) is 0 Å². The largest absolute Gasteiger partial charge is 0.319 e. The van der Waals surface area contributed by atoms with Crippen molar-refractivity contribution in [1.82, 2.24) is 4.57 Å². The third kappa shape index (κ3) is 5.93. The number of carbonyl (C=O) groups is 1. The molecule has 0 atom stereocenters. The zero-order valence-electron chi connectivity index (χ0n) is 14.9. The first-order chi connectivity index (χ1) is 13.7. The predicted octanol–water partition coefficient (Wildman–Crippen LogP) is 4.85. The number of hydrogen-bond donors (Lipinski definition) is 0. The van der Waals surface area contributed by atoms with Crippen LogP contribution in [-0.4, -0.2) is 24.6 Å². The number of aromatic nitrogens is 1. The molecule has 1 amide bonds. The second-order valence-electron chi connectivity index (χ2n) is 6.08. The van der Waals surface area contributed by atoms with Crippen molar-refractivity contribution in [2.45, 2.75) is 17.9 Å². The smallest absolute Gasteiger partial charge is 0.249 e. The molecule has 0 fully saturated rings. The van der Waals surface area contributed by atoms with Crippen LogP contribution in [0.3, 0.4) is 0 Å². The molecule has 0 unspecified atom stereocenters. The van der Waals surface area contributed by atoms with Gasteiger partial charge in [-0.25, -0.2) is 8.42 Å². The molecule has 0 aliphatic rings. The maximum Gasteiger partial charge on any atom is 0.249 e. The Morgan fingerprint density at radius 1 is 1.03 bits per heavy atom. The fraction of sp³-hybridized carbons (Fsp3) is 0.158. The van der Waals surface area contributed by atoms with Gasteiger partial charge in [0.05, 0.1) is 17.2 Å². The molecule has 0 spiro atoms. The van der Waals surface area contributed by atoms with Gasteiger partial charge in [0.25, 0.3) is 0 Å². The SMILES string of the molecule is O=C(CCS(=O)(=O)c1ccc(Cl)cc1)N=c1sccn1Cc1ccc(Cl)cc1Cl. The van der Waals surface area contributed by atoms with Crippen molar-refractivity contribution in [2.75, 3.05) is 5.75 Å². The fourth-order valence-corrected chi connectivity index (χ4v) is 5.05. The molecule has 0 N–H and O–H groups in total. The number of rotatable bonds is 6. The first-order valence-electron chi connectivity index (χ1n) is 8.38. The number of carbonyl (C=O) groups excluding carboxylic acids is 1. The topological polar surface area (TPSA) is 68.5 Å². The van der Waals surface area contributed by atoms with Crippen molar-refractivity contribution in [3.8, 4) is 0 Å². The van der Waals surface area contributed by atoms with Gasteiger partial charge in [-0.3, -0.25) is 4.79 Å². The minimum atomic E-state index is -3.59. The van der Waals surface area contributed by atoms with Crippen LogP contribution in [0.2, 0.25) is 15.1 Å². The number of halogens is 3. The maximum absolute atomic E-state index is 12.4. The molecule has 2 aromatic carbocycles. The molecule has 3 aromatic rings. The van der Waals surface area contributed by atoms with Gasteiger partial charge in [0.15, 0.2) is 14.6 Å². The van der Waals surface area contributed by atoms with Crippen LogP contribution in [-0.2, 0) is 21.2 Å². The van der Waals surface area contributed by atoms with E-state index in [9.17, 15) is 13.2 Å². The minimum absolute atomic E-state index is 0.123. The first-order valence-corrected chi connectivity index (χ1v) is 12.0. The number of hydrogen-bond acceptors (Lipinski definition) is 4. The Balaban J connectivity index is 1.72. The predicted molar refractivity (Wildman–Crippen MR) is 117 cm³/mol. The molecule has 0 aliphatic heterocycles. The molecule has 0 radical (unpaired) electrons. The van der Waals surface area contributed by atoms with Crippen molar-refractivity contribution in [1.29, 1.82) is 0 Å². The lowest BCUT2D eigenvalue weighted by atomic mass is 10.2. The summed E-state index contributed by atoms with van der Waals surface area (Å²) >= 11 is 19.2. The quantitative estimate of drug-likeness (QED) is 0.497. The Morgan fingerprint density at radius 3 is 2.41 bits per heavy atom. The summed E-state index contributed by atoms with van der Waals surface area (Å²) in [4.78, 5) is 16.9. The number of thiazole rings is 1. The van der Waals surface area contributed by atoms with E-state index in [-0.39, 0.29) is 17.1 Å². The number of nitrogens with zero attached hydrogens (tertiary/aromatic N) is 2. The van der Waals surface area contributed by atoms with Crippen molar-refractivity contribution >= 4 is 61.9 Å². The Morgan fingerprint density at radius 2 is 1.72 bits per heavy atom. The first kappa shape index (κ1) is 22.1. The zero-order valence-corrected chi connectivity index (χ0v) is 18.8. The molecule has 0 saturated carbocycles. The minimum Gasteiger partial charge on any atom is -0.319 e. The van der Waals surface area contributed by atoms with E-state index >= 15 is 0 Å². The van der Waals surface area contributed by atoms with Crippen molar-refractivity contribution in [3.63, 3.8) is 0 Å². The van der Waals surface area contributed by atoms with Crippen LogP contribution in [0.1, 0.15) is 12.0 Å². The molecule has 29 heavy (non-hydrogen) atoms. The lowest BCUT2D eigenvalue weighted by molar-refractivity contribution is -0.117. The van der Waals surface area contributed by atoms with E-state index in [0.29, 0.717) is 26.4 Å². The normalized spacial score (nSPS) is 12.3. The summed E-state index contributed by atoms with van der Waals surface area (Å²) in [5.41, 5.74) is 0.827. The van der Waals surface area contributed by atoms with E-state index in [1.165, 1.54) is 35.6 Å². The Hall–Kier alpha value is -1.64. The Bertz CT molecular complexity index is 1200. The average molecular weight is 490 g/mol. The number of amides is 1. The molecule has 0 aliphatic carbocycles. The van der Waals surface area contributed by atoms with E-state index in [1.807, 2.05) is 0 Å². The third-order valence-corrected chi connectivity index (χ3v) is 7.36. The van der Waals surface area contributed by atoms with Crippen LogP contribution in [0, 0.1) is 0 Å². The van der Waals surface area contributed by atoms with E-state index in [1.54, 1.807) is 34.3 Å². The summed E-state index contributed by atoms with van der Waals surface area (Å²) in [7, 11) is -3.59. The summed E-state index contributed by atoms with van der Waals surface area (Å²) in [6.45, 7) is 0.411. The van der Waals surface area contributed by atoms with E-state index in [0.717, 1.165) is 5.56 Å².